The van der Waals surface area contributed by atoms with Gasteiger partial charge >= 0.3 is 0 Å². The number of rotatable bonds is 5. The van der Waals surface area contributed by atoms with Crippen molar-refractivity contribution in [3.63, 3.8) is 0 Å². The van der Waals surface area contributed by atoms with E-state index in [1.54, 1.807) is 24.3 Å². The molecule has 5 aromatic rings. The number of fused-ring (bicyclic) bond motifs is 2. The summed E-state index contributed by atoms with van der Waals surface area (Å²) in [7, 11) is 0. The van der Waals surface area contributed by atoms with E-state index in [0.717, 1.165) is 62.5 Å². The van der Waals surface area contributed by atoms with Crippen LogP contribution in [-0.2, 0) is 6.42 Å². The summed E-state index contributed by atoms with van der Waals surface area (Å²) in [6.45, 7) is 0. The summed E-state index contributed by atoms with van der Waals surface area (Å²) in [5.74, 6) is -0.170. The van der Waals surface area contributed by atoms with Gasteiger partial charge in [-0.3, -0.25) is 14.6 Å². The van der Waals surface area contributed by atoms with Crippen LogP contribution in [0.4, 0.5) is 5.69 Å². The average Bonchev–Trinajstić information content (AvgIpc) is 3.52. The maximum atomic E-state index is 11.3. The Labute approximate surface area is 206 Å². The van der Waals surface area contributed by atoms with Crippen molar-refractivity contribution in [2.75, 3.05) is 0 Å². The third kappa shape index (κ3) is 3.82. The topological polar surface area (TPSA) is 127 Å². The second-order valence-corrected chi connectivity index (χ2v) is 8.78. The Balaban J connectivity index is 1.29. The number of primary amides is 2. The molecular formula is C29H21N5O2. The largest absolute Gasteiger partial charge is 0.366 e. The number of hydrogen-bond donors (Lipinski definition) is 3. The van der Waals surface area contributed by atoms with Crippen molar-refractivity contribution in [2.24, 2.45) is 16.5 Å². The number of aromatic amines is 1. The lowest BCUT2D eigenvalue weighted by Gasteiger charge is -2.04. The smallest absolute Gasteiger partial charge is 0.248 e. The van der Waals surface area contributed by atoms with Crippen LogP contribution in [0.5, 0.6) is 0 Å². The zero-order valence-electron chi connectivity index (χ0n) is 19.2. The summed E-state index contributed by atoms with van der Waals surface area (Å²) in [5.41, 5.74) is 20.4. The van der Waals surface area contributed by atoms with Gasteiger partial charge in [-0.25, -0.2) is 4.98 Å². The Morgan fingerprint density at radius 2 is 1.28 bits per heavy atom. The molecule has 0 saturated carbocycles. The number of nitrogens with two attached hydrogens (primary N) is 2. The number of carbonyl (C=O) groups is 2. The molecule has 1 aromatic heterocycles. The molecule has 4 aromatic carbocycles. The summed E-state index contributed by atoms with van der Waals surface area (Å²) in [6, 6.07) is 26.7. The minimum absolute atomic E-state index is 0.440. The van der Waals surface area contributed by atoms with Crippen LogP contribution in [0.2, 0.25) is 0 Å². The molecule has 7 nitrogen and oxygen atoms in total. The van der Waals surface area contributed by atoms with Crippen molar-refractivity contribution in [1.82, 2.24) is 9.97 Å². The molecule has 0 bridgehead atoms. The summed E-state index contributed by atoms with van der Waals surface area (Å²) in [6.07, 6.45) is 0.739. The zero-order chi connectivity index (χ0) is 24.8. The van der Waals surface area contributed by atoms with Crippen molar-refractivity contribution >= 4 is 34.2 Å². The highest BCUT2D eigenvalue weighted by Crippen LogP contribution is 2.34. The van der Waals surface area contributed by atoms with Crippen LogP contribution in [0.3, 0.4) is 0 Å². The summed E-state index contributed by atoms with van der Waals surface area (Å²) in [5, 5.41) is 0. The Bertz CT molecular complexity index is 1700. The lowest BCUT2D eigenvalue weighted by Crippen LogP contribution is -2.11. The summed E-state index contributed by atoms with van der Waals surface area (Å²) in [4.78, 5) is 35.6. The molecule has 36 heavy (non-hydrogen) atoms. The van der Waals surface area contributed by atoms with Gasteiger partial charge in [0.05, 0.1) is 22.4 Å². The van der Waals surface area contributed by atoms with E-state index in [1.165, 1.54) is 0 Å². The minimum Gasteiger partial charge on any atom is -0.366 e. The van der Waals surface area contributed by atoms with Gasteiger partial charge in [0, 0.05) is 23.1 Å². The van der Waals surface area contributed by atoms with E-state index in [9.17, 15) is 9.59 Å². The number of amides is 2. The first-order valence-electron chi connectivity index (χ1n) is 11.5. The number of aromatic nitrogens is 2. The van der Waals surface area contributed by atoms with Gasteiger partial charge in [-0.05, 0) is 64.7 Å². The highest BCUT2D eigenvalue weighted by molar-refractivity contribution is 6.07. The fraction of sp³-hybridized carbons (Fsp3) is 0.0345. The highest BCUT2D eigenvalue weighted by atomic mass is 16.1. The third-order valence-electron chi connectivity index (χ3n) is 6.46. The second-order valence-electron chi connectivity index (χ2n) is 8.78. The number of nitrogens with one attached hydrogen (secondary N) is 1. The number of aliphatic imine (C=N–C) groups is 1. The quantitative estimate of drug-likeness (QED) is 0.341. The normalized spacial score (nSPS) is 12.4. The number of nitrogens with zero attached hydrogens (tertiary/aromatic N) is 2. The van der Waals surface area contributed by atoms with Crippen molar-refractivity contribution in [1.29, 1.82) is 0 Å². The zero-order valence-corrected chi connectivity index (χ0v) is 19.2. The molecular weight excluding hydrogens is 450 g/mol. The Kier molecular flexibility index (Phi) is 4.97. The predicted octanol–water partition coefficient (Wildman–Crippen LogP) is 4.77. The van der Waals surface area contributed by atoms with E-state index in [2.05, 4.69) is 34.2 Å². The van der Waals surface area contributed by atoms with Gasteiger partial charge in [0.15, 0.2) is 0 Å². The number of benzene rings is 4. The van der Waals surface area contributed by atoms with Crippen LogP contribution in [0.1, 0.15) is 31.8 Å². The third-order valence-corrected chi connectivity index (χ3v) is 6.46. The van der Waals surface area contributed by atoms with Gasteiger partial charge in [-0.1, -0.05) is 42.5 Å². The highest BCUT2D eigenvalue weighted by Gasteiger charge is 2.17. The van der Waals surface area contributed by atoms with Gasteiger partial charge in [-0.2, -0.15) is 0 Å². The summed E-state index contributed by atoms with van der Waals surface area (Å²) >= 11 is 0. The minimum atomic E-state index is -0.456. The molecule has 6 rings (SSSR count). The van der Waals surface area contributed by atoms with Gasteiger partial charge < -0.3 is 16.5 Å². The molecule has 0 aliphatic carbocycles. The van der Waals surface area contributed by atoms with E-state index < -0.39 is 11.8 Å². The van der Waals surface area contributed by atoms with E-state index in [1.807, 2.05) is 36.4 Å². The number of imidazole rings is 1. The van der Waals surface area contributed by atoms with Crippen LogP contribution in [0.15, 0.2) is 89.9 Å². The van der Waals surface area contributed by atoms with E-state index in [0.29, 0.717) is 11.1 Å². The molecule has 174 valence electrons. The Morgan fingerprint density at radius 3 is 1.94 bits per heavy atom. The Hall–Kier alpha value is -5.04. The standard InChI is InChI=1S/C29H21N5O2/c30-27(35)17-3-1-16(2-4-17)24-15-22-10-9-20(13-25(22)32-24)21-11-12-23-26(14-21)34-29(33-23)19-7-5-18(6-8-19)28(31)36/h1-14H,15H2,(H2,30,35)(H2,31,36)(H,33,34). The fourth-order valence-electron chi connectivity index (χ4n) is 4.47. The SMILES string of the molecule is NC(=O)c1ccc(C2=Nc3cc(-c4ccc5nc(-c6ccc(C(N)=O)cc6)[nH]c5c4)ccc3C2)cc1. The average molecular weight is 472 g/mol. The monoisotopic (exact) mass is 471 g/mol. The molecule has 1 aliphatic heterocycles. The first-order chi connectivity index (χ1) is 17.4. The molecule has 1 aliphatic rings. The molecule has 2 heterocycles. The lowest BCUT2D eigenvalue weighted by molar-refractivity contribution is 0.0992. The lowest BCUT2D eigenvalue weighted by atomic mass is 9.99. The molecule has 5 N–H and O–H groups in total. The van der Waals surface area contributed by atoms with Crippen LogP contribution >= 0.6 is 0 Å². The van der Waals surface area contributed by atoms with E-state index in [-0.39, 0.29) is 0 Å². The van der Waals surface area contributed by atoms with Crippen LogP contribution < -0.4 is 11.5 Å². The molecule has 0 atom stereocenters. The van der Waals surface area contributed by atoms with Crippen molar-refractivity contribution in [2.45, 2.75) is 6.42 Å². The van der Waals surface area contributed by atoms with Crippen molar-refractivity contribution < 1.29 is 9.59 Å². The number of H-pyrrole nitrogens is 1. The van der Waals surface area contributed by atoms with Crippen LogP contribution in [0.25, 0.3) is 33.5 Å². The molecule has 7 heteroatoms. The summed E-state index contributed by atoms with van der Waals surface area (Å²) < 4.78 is 0. The van der Waals surface area contributed by atoms with Gasteiger partial charge in [-0.15, -0.1) is 0 Å². The van der Waals surface area contributed by atoms with Gasteiger partial charge in [0.1, 0.15) is 5.82 Å². The van der Waals surface area contributed by atoms with E-state index >= 15 is 0 Å². The molecule has 0 fully saturated rings. The van der Waals surface area contributed by atoms with E-state index in [4.69, 9.17) is 16.5 Å². The number of carbonyl (C=O) groups excluding carboxylic acids is 2. The molecule has 0 radical (unpaired) electrons. The first-order valence-corrected chi connectivity index (χ1v) is 11.5. The molecule has 0 unspecified atom stereocenters. The molecule has 2 amide bonds. The first kappa shape index (κ1) is 21.5. The fourth-order valence-corrected chi connectivity index (χ4v) is 4.47. The van der Waals surface area contributed by atoms with Gasteiger partial charge in [0.25, 0.3) is 0 Å². The number of hydrogen-bond acceptors (Lipinski definition) is 4. The molecule has 0 spiro atoms. The maximum absolute atomic E-state index is 11.3. The Morgan fingerprint density at radius 1 is 0.694 bits per heavy atom. The van der Waals surface area contributed by atoms with Crippen molar-refractivity contribution in [3.05, 3.63) is 107 Å². The predicted molar refractivity (Wildman–Crippen MR) is 140 cm³/mol. The van der Waals surface area contributed by atoms with Crippen LogP contribution in [0, 0.1) is 0 Å². The van der Waals surface area contributed by atoms with Crippen molar-refractivity contribution in [3.8, 4) is 22.5 Å². The molecule has 0 saturated heterocycles. The maximum Gasteiger partial charge on any atom is 0.248 e. The van der Waals surface area contributed by atoms with Crippen LogP contribution in [-0.4, -0.2) is 27.5 Å². The van der Waals surface area contributed by atoms with Gasteiger partial charge in [0.2, 0.25) is 11.8 Å². The second kappa shape index (κ2) is 8.32.